The van der Waals surface area contributed by atoms with E-state index < -0.39 is 0 Å². The summed E-state index contributed by atoms with van der Waals surface area (Å²) in [4.78, 5) is 17.2. The molecule has 0 spiro atoms. The zero-order valence-corrected chi connectivity index (χ0v) is 19.0. The van der Waals surface area contributed by atoms with Crippen LogP contribution in [0.3, 0.4) is 0 Å². The fourth-order valence-electron chi connectivity index (χ4n) is 4.11. The van der Waals surface area contributed by atoms with Gasteiger partial charge in [-0.25, -0.2) is 0 Å². The van der Waals surface area contributed by atoms with E-state index in [2.05, 4.69) is 52.5 Å². The maximum Gasteiger partial charge on any atom is 0.220 e. The molecule has 3 rings (SSSR count). The van der Waals surface area contributed by atoms with E-state index in [0.29, 0.717) is 36.9 Å². The predicted molar refractivity (Wildman–Crippen MR) is 124 cm³/mol. The molecule has 1 aliphatic rings. The predicted octanol–water partition coefficient (Wildman–Crippen LogP) is 3.13. The monoisotopic (exact) mass is 425 g/mol. The number of likely N-dealkylation sites (N-methyl/N-ethyl adjacent to an activating group) is 1. The minimum atomic E-state index is 0.0905. The molecular weight excluding hydrogens is 390 g/mol. The first-order valence-electron chi connectivity index (χ1n) is 11.1. The summed E-state index contributed by atoms with van der Waals surface area (Å²) >= 11 is 0. The third-order valence-electron chi connectivity index (χ3n) is 5.91. The van der Waals surface area contributed by atoms with Crippen LogP contribution in [0.1, 0.15) is 30.0 Å². The van der Waals surface area contributed by atoms with Crippen molar-refractivity contribution in [1.29, 1.82) is 0 Å². The molecule has 0 bridgehead atoms. The SMILES string of the molecule is COc1ccc(CCC(=O)NCCCN2CCN(C)CC2c2ccccc2)cc1OC. The lowest BCUT2D eigenvalue weighted by Crippen LogP contribution is -2.47. The summed E-state index contributed by atoms with van der Waals surface area (Å²) in [6.45, 7) is 4.88. The summed E-state index contributed by atoms with van der Waals surface area (Å²) in [5, 5.41) is 3.08. The van der Waals surface area contributed by atoms with Crippen molar-refractivity contribution in [1.82, 2.24) is 15.1 Å². The van der Waals surface area contributed by atoms with Crippen LogP contribution in [0.5, 0.6) is 11.5 Å². The minimum Gasteiger partial charge on any atom is -0.493 e. The summed E-state index contributed by atoms with van der Waals surface area (Å²) in [5.41, 5.74) is 2.43. The van der Waals surface area contributed by atoms with E-state index in [1.807, 2.05) is 18.2 Å². The second kappa shape index (κ2) is 11.7. The number of methoxy groups -OCH3 is 2. The third kappa shape index (κ3) is 6.71. The van der Waals surface area contributed by atoms with Crippen LogP contribution in [0.4, 0.5) is 0 Å². The fraction of sp³-hybridized carbons (Fsp3) is 0.480. The van der Waals surface area contributed by atoms with Gasteiger partial charge in [0, 0.05) is 45.2 Å². The number of nitrogens with one attached hydrogen (secondary N) is 1. The number of benzene rings is 2. The van der Waals surface area contributed by atoms with E-state index in [0.717, 1.165) is 38.2 Å². The molecule has 1 saturated heterocycles. The Morgan fingerprint density at radius 1 is 1.06 bits per heavy atom. The highest BCUT2D eigenvalue weighted by Crippen LogP contribution is 2.28. The number of piperazine rings is 1. The lowest BCUT2D eigenvalue weighted by Gasteiger charge is -2.40. The summed E-state index contributed by atoms with van der Waals surface area (Å²) in [6.07, 6.45) is 2.10. The maximum absolute atomic E-state index is 12.3. The molecule has 2 aromatic rings. The second-order valence-corrected chi connectivity index (χ2v) is 8.12. The number of rotatable bonds is 10. The van der Waals surface area contributed by atoms with Crippen molar-refractivity contribution >= 4 is 5.91 Å². The van der Waals surface area contributed by atoms with E-state index in [1.165, 1.54) is 5.56 Å². The molecule has 1 heterocycles. The molecule has 1 amide bonds. The Hall–Kier alpha value is -2.57. The molecular formula is C25H35N3O3. The van der Waals surface area contributed by atoms with Crippen molar-refractivity contribution in [3.8, 4) is 11.5 Å². The van der Waals surface area contributed by atoms with Gasteiger partial charge in [-0.2, -0.15) is 0 Å². The highest BCUT2D eigenvalue weighted by molar-refractivity contribution is 5.76. The van der Waals surface area contributed by atoms with E-state index in [-0.39, 0.29) is 5.91 Å². The first kappa shape index (κ1) is 23.1. The van der Waals surface area contributed by atoms with Crippen LogP contribution in [-0.4, -0.2) is 69.7 Å². The Kier molecular flexibility index (Phi) is 8.74. The molecule has 6 heteroatoms. The number of carbonyl (C=O) groups is 1. The molecule has 6 nitrogen and oxygen atoms in total. The summed E-state index contributed by atoms with van der Waals surface area (Å²) < 4.78 is 10.6. The Morgan fingerprint density at radius 2 is 1.84 bits per heavy atom. The molecule has 0 radical (unpaired) electrons. The van der Waals surface area contributed by atoms with Crippen molar-refractivity contribution in [3.63, 3.8) is 0 Å². The molecule has 0 aromatic heterocycles. The standard InChI is InChI=1S/C25H35N3O3/c1-27-16-17-28(22(19-27)21-8-5-4-6-9-21)15-7-14-26-25(29)13-11-20-10-12-23(30-2)24(18-20)31-3/h4-6,8-10,12,18,22H,7,11,13-17,19H2,1-3H3,(H,26,29). The van der Waals surface area contributed by atoms with Gasteiger partial charge in [0.1, 0.15) is 0 Å². The van der Waals surface area contributed by atoms with E-state index in [4.69, 9.17) is 9.47 Å². The zero-order chi connectivity index (χ0) is 22.1. The maximum atomic E-state index is 12.3. The normalized spacial score (nSPS) is 17.3. The second-order valence-electron chi connectivity index (χ2n) is 8.12. The summed E-state index contributed by atoms with van der Waals surface area (Å²) in [6, 6.07) is 16.9. The summed E-state index contributed by atoms with van der Waals surface area (Å²) in [5.74, 6) is 1.49. The van der Waals surface area contributed by atoms with Crippen LogP contribution in [0.25, 0.3) is 0 Å². The van der Waals surface area contributed by atoms with Gasteiger partial charge in [-0.1, -0.05) is 36.4 Å². The van der Waals surface area contributed by atoms with Crippen molar-refractivity contribution in [2.45, 2.75) is 25.3 Å². The molecule has 0 aliphatic carbocycles. The van der Waals surface area contributed by atoms with E-state index in [9.17, 15) is 4.79 Å². The van der Waals surface area contributed by atoms with Crippen molar-refractivity contribution in [3.05, 3.63) is 59.7 Å². The average molecular weight is 426 g/mol. The lowest BCUT2D eigenvalue weighted by molar-refractivity contribution is -0.121. The number of hydrogen-bond donors (Lipinski definition) is 1. The molecule has 1 atom stereocenters. The molecule has 1 aliphatic heterocycles. The highest BCUT2D eigenvalue weighted by Gasteiger charge is 2.25. The fourth-order valence-corrected chi connectivity index (χ4v) is 4.11. The smallest absolute Gasteiger partial charge is 0.220 e. The largest absolute Gasteiger partial charge is 0.493 e. The van der Waals surface area contributed by atoms with Crippen LogP contribution < -0.4 is 14.8 Å². The van der Waals surface area contributed by atoms with Crippen LogP contribution in [0.2, 0.25) is 0 Å². The van der Waals surface area contributed by atoms with Gasteiger partial charge in [0.25, 0.3) is 0 Å². The van der Waals surface area contributed by atoms with Crippen LogP contribution in [0, 0.1) is 0 Å². The van der Waals surface area contributed by atoms with Gasteiger partial charge in [-0.15, -0.1) is 0 Å². The molecule has 168 valence electrons. The molecule has 1 N–H and O–H groups in total. The zero-order valence-electron chi connectivity index (χ0n) is 19.0. The average Bonchev–Trinajstić information content (AvgIpc) is 2.81. The third-order valence-corrected chi connectivity index (χ3v) is 5.91. The van der Waals surface area contributed by atoms with Gasteiger partial charge in [0.2, 0.25) is 5.91 Å². The molecule has 1 unspecified atom stereocenters. The van der Waals surface area contributed by atoms with Crippen LogP contribution in [0.15, 0.2) is 48.5 Å². The Labute approximate surface area is 186 Å². The van der Waals surface area contributed by atoms with Gasteiger partial charge in [-0.3, -0.25) is 9.69 Å². The number of nitrogens with zero attached hydrogens (tertiary/aromatic N) is 2. The quantitative estimate of drug-likeness (QED) is 0.593. The van der Waals surface area contributed by atoms with Crippen LogP contribution in [-0.2, 0) is 11.2 Å². The molecule has 31 heavy (non-hydrogen) atoms. The van der Waals surface area contributed by atoms with Gasteiger partial charge >= 0.3 is 0 Å². The van der Waals surface area contributed by atoms with Gasteiger partial charge in [0.15, 0.2) is 11.5 Å². The molecule has 1 fully saturated rings. The number of ether oxygens (including phenoxy) is 2. The minimum absolute atomic E-state index is 0.0905. The van der Waals surface area contributed by atoms with E-state index >= 15 is 0 Å². The number of carbonyl (C=O) groups excluding carboxylic acids is 1. The lowest BCUT2D eigenvalue weighted by atomic mass is 10.0. The van der Waals surface area contributed by atoms with E-state index in [1.54, 1.807) is 14.2 Å². The number of aryl methyl sites for hydroxylation is 1. The first-order valence-corrected chi connectivity index (χ1v) is 11.1. The van der Waals surface area contributed by atoms with Crippen molar-refractivity contribution < 1.29 is 14.3 Å². The molecule has 0 saturated carbocycles. The number of amides is 1. The molecule has 2 aromatic carbocycles. The van der Waals surface area contributed by atoms with Crippen LogP contribution >= 0.6 is 0 Å². The Bertz CT molecular complexity index is 828. The summed E-state index contributed by atoms with van der Waals surface area (Å²) in [7, 11) is 5.43. The van der Waals surface area contributed by atoms with Crippen molar-refractivity contribution in [2.75, 3.05) is 54.0 Å². The van der Waals surface area contributed by atoms with Gasteiger partial charge < -0.3 is 19.7 Å². The Morgan fingerprint density at radius 3 is 2.58 bits per heavy atom. The first-order chi connectivity index (χ1) is 15.1. The topological polar surface area (TPSA) is 54.0 Å². The highest BCUT2D eigenvalue weighted by atomic mass is 16.5. The van der Waals surface area contributed by atoms with Crippen molar-refractivity contribution in [2.24, 2.45) is 0 Å². The number of hydrogen-bond acceptors (Lipinski definition) is 5. The van der Waals surface area contributed by atoms with Gasteiger partial charge in [0.05, 0.1) is 14.2 Å². The van der Waals surface area contributed by atoms with Gasteiger partial charge in [-0.05, 0) is 43.1 Å². The Balaban J connectivity index is 1.41.